The number of halogens is 1. The molecule has 108 valence electrons. The molecule has 19 heavy (non-hydrogen) atoms. The Balaban J connectivity index is 2.86. The standard InChI is InChI=1S/C12H20FN3O2S/c1-14-9-10-8-11(4-5-12(10)13)19(17,18)15-6-7-16(2)3/h4-5,8,14-15H,6-7,9H2,1-3H3. The summed E-state index contributed by atoms with van der Waals surface area (Å²) in [6.45, 7) is 1.20. The highest BCUT2D eigenvalue weighted by molar-refractivity contribution is 7.89. The predicted octanol–water partition coefficient (Wildman–Crippen LogP) is 0.385. The smallest absolute Gasteiger partial charge is 0.240 e. The van der Waals surface area contributed by atoms with Gasteiger partial charge in [0.15, 0.2) is 0 Å². The minimum Gasteiger partial charge on any atom is -0.316 e. The molecule has 0 bridgehead atoms. The monoisotopic (exact) mass is 289 g/mol. The summed E-state index contributed by atoms with van der Waals surface area (Å²) in [5.74, 6) is -0.415. The van der Waals surface area contributed by atoms with E-state index in [0.29, 0.717) is 18.7 Å². The fraction of sp³-hybridized carbons (Fsp3) is 0.500. The second kappa shape index (κ2) is 6.95. The molecule has 1 aromatic rings. The number of likely N-dealkylation sites (N-methyl/N-ethyl adjacent to an activating group) is 1. The van der Waals surface area contributed by atoms with Crippen LogP contribution < -0.4 is 10.0 Å². The zero-order chi connectivity index (χ0) is 14.5. The highest BCUT2D eigenvalue weighted by atomic mass is 32.2. The number of sulfonamides is 1. The predicted molar refractivity (Wildman–Crippen MR) is 72.9 cm³/mol. The summed E-state index contributed by atoms with van der Waals surface area (Å²) < 4.78 is 39.9. The van der Waals surface area contributed by atoms with Crippen LogP contribution in [0.25, 0.3) is 0 Å². The minimum absolute atomic E-state index is 0.0814. The van der Waals surface area contributed by atoms with Gasteiger partial charge in [-0.05, 0) is 39.3 Å². The van der Waals surface area contributed by atoms with E-state index in [1.807, 2.05) is 19.0 Å². The lowest BCUT2D eigenvalue weighted by atomic mass is 10.2. The molecule has 0 unspecified atom stereocenters. The molecule has 0 amide bonds. The van der Waals surface area contributed by atoms with Gasteiger partial charge in [0.05, 0.1) is 4.90 Å². The zero-order valence-corrected chi connectivity index (χ0v) is 12.2. The van der Waals surface area contributed by atoms with Gasteiger partial charge in [0, 0.05) is 25.2 Å². The first-order chi connectivity index (χ1) is 8.86. The van der Waals surface area contributed by atoms with Crippen molar-refractivity contribution >= 4 is 10.0 Å². The molecule has 0 aliphatic rings. The van der Waals surface area contributed by atoms with Gasteiger partial charge in [0.25, 0.3) is 0 Å². The summed E-state index contributed by atoms with van der Waals surface area (Å²) in [5.41, 5.74) is 0.331. The highest BCUT2D eigenvalue weighted by Gasteiger charge is 2.15. The van der Waals surface area contributed by atoms with Crippen LogP contribution in [0.15, 0.2) is 23.1 Å². The molecule has 0 saturated carbocycles. The van der Waals surface area contributed by atoms with Crippen molar-refractivity contribution in [3.8, 4) is 0 Å². The third-order valence-corrected chi connectivity index (χ3v) is 4.00. The molecule has 0 heterocycles. The number of nitrogens with zero attached hydrogens (tertiary/aromatic N) is 1. The first-order valence-electron chi connectivity index (χ1n) is 5.94. The van der Waals surface area contributed by atoms with Gasteiger partial charge in [0.1, 0.15) is 5.82 Å². The minimum atomic E-state index is -3.58. The summed E-state index contributed by atoms with van der Waals surface area (Å²) in [6, 6.07) is 3.80. The van der Waals surface area contributed by atoms with E-state index in [-0.39, 0.29) is 11.4 Å². The third kappa shape index (κ3) is 4.87. The molecule has 0 saturated heterocycles. The van der Waals surface area contributed by atoms with Crippen LogP contribution in [0.4, 0.5) is 4.39 Å². The quantitative estimate of drug-likeness (QED) is 0.762. The SMILES string of the molecule is CNCc1cc(S(=O)(=O)NCCN(C)C)ccc1F. The van der Waals surface area contributed by atoms with Crippen molar-refractivity contribution < 1.29 is 12.8 Å². The Morgan fingerprint density at radius 2 is 2.00 bits per heavy atom. The molecule has 1 rings (SSSR count). The van der Waals surface area contributed by atoms with Gasteiger partial charge in [-0.15, -0.1) is 0 Å². The lowest BCUT2D eigenvalue weighted by molar-refractivity contribution is 0.412. The van der Waals surface area contributed by atoms with E-state index in [4.69, 9.17) is 0 Å². The molecule has 5 nitrogen and oxygen atoms in total. The van der Waals surface area contributed by atoms with Gasteiger partial charge < -0.3 is 10.2 Å². The molecule has 0 spiro atoms. The second-order valence-electron chi connectivity index (χ2n) is 4.48. The van der Waals surface area contributed by atoms with Gasteiger partial charge in [0.2, 0.25) is 10.0 Å². The van der Waals surface area contributed by atoms with Crippen molar-refractivity contribution in [2.24, 2.45) is 0 Å². The molecule has 1 aromatic carbocycles. The largest absolute Gasteiger partial charge is 0.316 e. The van der Waals surface area contributed by atoms with Gasteiger partial charge in [-0.3, -0.25) is 0 Å². The van der Waals surface area contributed by atoms with Crippen molar-refractivity contribution in [3.63, 3.8) is 0 Å². The van der Waals surface area contributed by atoms with Gasteiger partial charge in [-0.2, -0.15) is 0 Å². The Hall–Kier alpha value is -1.02. The van der Waals surface area contributed by atoms with E-state index >= 15 is 0 Å². The van der Waals surface area contributed by atoms with Crippen LogP contribution in [-0.4, -0.2) is 47.6 Å². The van der Waals surface area contributed by atoms with E-state index < -0.39 is 15.8 Å². The maximum atomic E-state index is 13.4. The molecule has 0 aliphatic heterocycles. The number of benzene rings is 1. The number of hydrogen-bond donors (Lipinski definition) is 2. The van der Waals surface area contributed by atoms with Crippen molar-refractivity contribution in [1.29, 1.82) is 0 Å². The maximum Gasteiger partial charge on any atom is 0.240 e. The number of rotatable bonds is 7. The molecule has 7 heteroatoms. The second-order valence-corrected chi connectivity index (χ2v) is 6.25. The van der Waals surface area contributed by atoms with Crippen LogP contribution >= 0.6 is 0 Å². The molecule has 0 aliphatic carbocycles. The summed E-state index contributed by atoms with van der Waals surface area (Å²) >= 11 is 0. The van der Waals surface area contributed by atoms with Gasteiger partial charge in [-0.25, -0.2) is 17.5 Å². The first kappa shape index (κ1) is 16.0. The number of nitrogens with one attached hydrogen (secondary N) is 2. The fourth-order valence-corrected chi connectivity index (χ4v) is 2.60. The summed E-state index contributed by atoms with van der Waals surface area (Å²) in [6.07, 6.45) is 0. The van der Waals surface area contributed by atoms with Crippen molar-refractivity contribution in [3.05, 3.63) is 29.6 Å². The molecular formula is C12H20FN3O2S. The zero-order valence-electron chi connectivity index (χ0n) is 11.4. The van der Waals surface area contributed by atoms with E-state index in [2.05, 4.69) is 10.0 Å². The van der Waals surface area contributed by atoms with Gasteiger partial charge >= 0.3 is 0 Å². The van der Waals surface area contributed by atoms with Crippen molar-refractivity contribution in [1.82, 2.24) is 14.9 Å². The average Bonchev–Trinajstić information content (AvgIpc) is 2.31. The topological polar surface area (TPSA) is 61.4 Å². The Kier molecular flexibility index (Phi) is 5.86. The first-order valence-corrected chi connectivity index (χ1v) is 7.42. The summed E-state index contributed by atoms with van der Waals surface area (Å²) in [4.78, 5) is 1.96. The molecular weight excluding hydrogens is 269 g/mol. The Morgan fingerprint density at radius 3 is 2.58 bits per heavy atom. The van der Waals surface area contributed by atoms with E-state index in [1.165, 1.54) is 18.2 Å². The van der Waals surface area contributed by atoms with Crippen LogP contribution in [0.2, 0.25) is 0 Å². The Bertz CT molecular complexity index is 518. The lowest BCUT2D eigenvalue weighted by Gasteiger charge is -2.12. The van der Waals surface area contributed by atoms with Crippen molar-refractivity contribution in [2.75, 3.05) is 34.2 Å². The lowest BCUT2D eigenvalue weighted by Crippen LogP contribution is -2.31. The maximum absolute atomic E-state index is 13.4. The third-order valence-electron chi connectivity index (χ3n) is 2.55. The number of hydrogen-bond acceptors (Lipinski definition) is 4. The van der Waals surface area contributed by atoms with E-state index in [0.717, 1.165) is 0 Å². The molecule has 0 radical (unpaired) electrons. The van der Waals surface area contributed by atoms with Gasteiger partial charge in [-0.1, -0.05) is 0 Å². The van der Waals surface area contributed by atoms with Crippen LogP contribution in [-0.2, 0) is 16.6 Å². The Morgan fingerprint density at radius 1 is 1.32 bits per heavy atom. The van der Waals surface area contributed by atoms with E-state index in [1.54, 1.807) is 7.05 Å². The van der Waals surface area contributed by atoms with Crippen LogP contribution in [0, 0.1) is 5.82 Å². The normalized spacial score (nSPS) is 12.1. The molecule has 0 atom stereocenters. The molecule has 2 N–H and O–H groups in total. The van der Waals surface area contributed by atoms with Crippen LogP contribution in [0.3, 0.4) is 0 Å². The average molecular weight is 289 g/mol. The summed E-state index contributed by atoms with van der Waals surface area (Å²) in [5, 5.41) is 2.80. The summed E-state index contributed by atoms with van der Waals surface area (Å²) in [7, 11) is 1.81. The Labute approximate surface area is 113 Å². The fourth-order valence-electron chi connectivity index (χ4n) is 1.53. The highest BCUT2D eigenvalue weighted by Crippen LogP contribution is 2.14. The van der Waals surface area contributed by atoms with E-state index in [9.17, 15) is 12.8 Å². The molecule has 0 fully saturated rings. The van der Waals surface area contributed by atoms with Crippen LogP contribution in [0.1, 0.15) is 5.56 Å². The van der Waals surface area contributed by atoms with Crippen LogP contribution in [0.5, 0.6) is 0 Å². The molecule has 0 aromatic heterocycles. The van der Waals surface area contributed by atoms with Crippen molar-refractivity contribution in [2.45, 2.75) is 11.4 Å².